The summed E-state index contributed by atoms with van der Waals surface area (Å²) in [7, 11) is 0. The van der Waals surface area contributed by atoms with Crippen molar-refractivity contribution in [1.82, 2.24) is 0 Å². The van der Waals surface area contributed by atoms with E-state index in [1.807, 2.05) is 17.5 Å². The predicted molar refractivity (Wildman–Crippen MR) is 56.3 cm³/mol. The molecular formula is C9H10ClNOS. The minimum Gasteiger partial charge on any atom is -0.472 e. The molecule has 2 rings (SSSR count). The van der Waals surface area contributed by atoms with Crippen LogP contribution >= 0.6 is 23.7 Å². The number of hydrogen-bond donors (Lipinski definition) is 1. The molecule has 0 fully saturated rings. The van der Waals surface area contributed by atoms with Crippen molar-refractivity contribution >= 4 is 23.7 Å². The Hall–Kier alpha value is -0.770. The molecule has 0 aromatic carbocycles. The maximum atomic E-state index is 5.95. The van der Waals surface area contributed by atoms with E-state index in [0.717, 1.165) is 11.1 Å². The molecule has 13 heavy (non-hydrogen) atoms. The van der Waals surface area contributed by atoms with E-state index in [0.29, 0.717) is 0 Å². The molecule has 0 saturated carbocycles. The van der Waals surface area contributed by atoms with Gasteiger partial charge in [0.05, 0.1) is 18.6 Å². The molecule has 0 amide bonds. The van der Waals surface area contributed by atoms with Crippen molar-refractivity contribution in [2.24, 2.45) is 5.73 Å². The molecule has 2 heterocycles. The predicted octanol–water partition coefficient (Wildman–Crippen LogP) is 2.81. The van der Waals surface area contributed by atoms with Gasteiger partial charge in [-0.2, -0.15) is 11.3 Å². The second-order valence-electron chi connectivity index (χ2n) is 2.59. The first-order chi connectivity index (χ1) is 5.88. The second kappa shape index (κ2) is 4.46. The van der Waals surface area contributed by atoms with Gasteiger partial charge in [0.2, 0.25) is 0 Å². The Labute approximate surface area is 86.8 Å². The first kappa shape index (κ1) is 10.3. The summed E-state index contributed by atoms with van der Waals surface area (Å²) in [6, 6.07) is 3.87. The van der Waals surface area contributed by atoms with E-state index in [1.165, 1.54) is 0 Å². The van der Waals surface area contributed by atoms with Gasteiger partial charge in [0.25, 0.3) is 0 Å². The molecule has 0 aliphatic heterocycles. The van der Waals surface area contributed by atoms with Crippen LogP contribution in [-0.4, -0.2) is 0 Å². The summed E-state index contributed by atoms with van der Waals surface area (Å²) in [6.45, 7) is 0. The summed E-state index contributed by atoms with van der Waals surface area (Å²) in [5, 5.41) is 4.08. The minimum absolute atomic E-state index is 0. The minimum atomic E-state index is -0.0463. The molecule has 0 aliphatic carbocycles. The van der Waals surface area contributed by atoms with E-state index >= 15 is 0 Å². The number of rotatable bonds is 2. The average molecular weight is 216 g/mol. The van der Waals surface area contributed by atoms with E-state index in [4.69, 9.17) is 10.2 Å². The number of thiophene rings is 1. The first-order valence-corrected chi connectivity index (χ1v) is 4.62. The lowest BCUT2D eigenvalue weighted by Crippen LogP contribution is -2.09. The second-order valence-corrected chi connectivity index (χ2v) is 3.37. The molecule has 0 spiro atoms. The van der Waals surface area contributed by atoms with E-state index in [-0.39, 0.29) is 18.4 Å². The third-order valence-electron chi connectivity index (χ3n) is 1.80. The van der Waals surface area contributed by atoms with Gasteiger partial charge in [-0.05, 0) is 28.5 Å². The number of hydrogen-bond acceptors (Lipinski definition) is 3. The van der Waals surface area contributed by atoms with Crippen molar-refractivity contribution in [2.75, 3.05) is 0 Å². The van der Waals surface area contributed by atoms with Crippen LogP contribution in [-0.2, 0) is 0 Å². The zero-order valence-electron chi connectivity index (χ0n) is 6.84. The molecule has 4 heteroatoms. The highest BCUT2D eigenvalue weighted by molar-refractivity contribution is 7.07. The van der Waals surface area contributed by atoms with Crippen LogP contribution in [0, 0.1) is 0 Å². The van der Waals surface area contributed by atoms with Gasteiger partial charge in [0.1, 0.15) is 0 Å². The SMILES string of the molecule is Cl.N[C@H](c1ccoc1)c1ccsc1. The third kappa shape index (κ3) is 2.12. The van der Waals surface area contributed by atoms with Gasteiger partial charge < -0.3 is 10.2 Å². The van der Waals surface area contributed by atoms with Crippen molar-refractivity contribution in [3.63, 3.8) is 0 Å². The van der Waals surface area contributed by atoms with Crippen LogP contribution in [0.1, 0.15) is 17.2 Å². The third-order valence-corrected chi connectivity index (χ3v) is 2.51. The highest BCUT2D eigenvalue weighted by atomic mass is 35.5. The zero-order chi connectivity index (χ0) is 8.39. The summed E-state index contributed by atoms with van der Waals surface area (Å²) in [5.74, 6) is 0. The van der Waals surface area contributed by atoms with Crippen LogP contribution in [0.5, 0.6) is 0 Å². The maximum absolute atomic E-state index is 5.95. The van der Waals surface area contributed by atoms with Crippen molar-refractivity contribution in [3.8, 4) is 0 Å². The largest absolute Gasteiger partial charge is 0.472 e. The molecule has 0 radical (unpaired) electrons. The van der Waals surface area contributed by atoms with Gasteiger partial charge in [-0.15, -0.1) is 12.4 Å². The lowest BCUT2D eigenvalue weighted by atomic mass is 10.1. The van der Waals surface area contributed by atoms with Crippen molar-refractivity contribution < 1.29 is 4.42 Å². The topological polar surface area (TPSA) is 39.2 Å². The van der Waals surface area contributed by atoms with Gasteiger partial charge in [-0.25, -0.2) is 0 Å². The van der Waals surface area contributed by atoms with Crippen LogP contribution in [0.25, 0.3) is 0 Å². The summed E-state index contributed by atoms with van der Waals surface area (Å²) < 4.78 is 4.96. The highest BCUT2D eigenvalue weighted by Gasteiger charge is 2.09. The summed E-state index contributed by atoms with van der Waals surface area (Å²) >= 11 is 1.65. The molecule has 2 nitrogen and oxygen atoms in total. The lowest BCUT2D eigenvalue weighted by molar-refractivity contribution is 0.562. The van der Waals surface area contributed by atoms with Crippen molar-refractivity contribution in [3.05, 3.63) is 46.5 Å². The normalized spacial score (nSPS) is 12.1. The van der Waals surface area contributed by atoms with Crippen molar-refractivity contribution in [2.45, 2.75) is 6.04 Å². The highest BCUT2D eigenvalue weighted by Crippen LogP contribution is 2.21. The van der Waals surface area contributed by atoms with Crippen LogP contribution in [0.2, 0.25) is 0 Å². The van der Waals surface area contributed by atoms with Gasteiger partial charge in [-0.3, -0.25) is 0 Å². The molecular weight excluding hydrogens is 206 g/mol. The van der Waals surface area contributed by atoms with Gasteiger partial charge in [0, 0.05) is 5.56 Å². The standard InChI is InChI=1S/C9H9NOS.ClH/c10-9(7-1-3-11-5-7)8-2-4-12-6-8;/h1-6,9H,10H2;1H/t9-;/m1./s1. The Balaban J connectivity index is 0.000000845. The molecule has 2 aromatic rings. The molecule has 0 unspecified atom stereocenters. The Kier molecular flexibility index (Phi) is 3.54. The summed E-state index contributed by atoms with van der Waals surface area (Å²) in [5.41, 5.74) is 8.11. The summed E-state index contributed by atoms with van der Waals surface area (Å²) in [6.07, 6.45) is 3.32. The molecule has 2 aromatic heterocycles. The summed E-state index contributed by atoms with van der Waals surface area (Å²) in [4.78, 5) is 0. The average Bonchev–Trinajstić information content (AvgIpc) is 2.77. The number of furan rings is 1. The smallest absolute Gasteiger partial charge is 0.0953 e. The Bertz CT molecular complexity index is 296. The fourth-order valence-electron chi connectivity index (χ4n) is 1.10. The number of nitrogens with two attached hydrogens (primary N) is 1. The fourth-order valence-corrected chi connectivity index (χ4v) is 1.79. The Morgan fingerprint density at radius 2 is 2.15 bits per heavy atom. The monoisotopic (exact) mass is 215 g/mol. The molecule has 70 valence electrons. The fraction of sp³-hybridized carbons (Fsp3) is 0.111. The Morgan fingerprint density at radius 3 is 2.69 bits per heavy atom. The molecule has 1 atom stereocenters. The van der Waals surface area contributed by atoms with Gasteiger partial charge in [0.15, 0.2) is 0 Å². The number of halogens is 1. The molecule has 0 saturated heterocycles. The Morgan fingerprint density at radius 1 is 1.31 bits per heavy atom. The van der Waals surface area contributed by atoms with Gasteiger partial charge in [-0.1, -0.05) is 0 Å². The van der Waals surface area contributed by atoms with Crippen LogP contribution < -0.4 is 5.73 Å². The van der Waals surface area contributed by atoms with E-state index < -0.39 is 0 Å². The molecule has 0 bridgehead atoms. The zero-order valence-corrected chi connectivity index (χ0v) is 8.48. The van der Waals surface area contributed by atoms with Crippen LogP contribution in [0.15, 0.2) is 39.8 Å². The van der Waals surface area contributed by atoms with Gasteiger partial charge >= 0.3 is 0 Å². The van der Waals surface area contributed by atoms with E-state index in [2.05, 4.69) is 5.38 Å². The first-order valence-electron chi connectivity index (χ1n) is 3.67. The van der Waals surface area contributed by atoms with Crippen LogP contribution in [0.4, 0.5) is 0 Å². The van der Waals surface area contributed by atoms with E-state index in [1.54, 1.807) is 23.9 Å². The van der Waals surface area contributed by atoms with Crippen molar-refractivity contribution in [1.29, 1.82) is 0 Å². The van der Waals surface area contributed by atoms with E-state index in [9.17, 15) is 0 Å². The lowest BCUT2D eigenvalue weighted by Gasteiger charge is -2.05. The quantitative estimate of drug-likeness (QED) is 0.837. The molecule has 0 aliphatic rings. The maximum Gasteiger partial charge on any atom is 0.0953 e. The molecule has 2 N–H and O–H groups in total. The van der Waals surface area contributed by atoms with Crippen LogP contribution in [0.3, 0.4) is 0 Å².